The van der Waals surface area contributed by atoms with Gasteiger partial charge in [0.1, 0.15) is 0 Å². The first kappa shape index (κ1) is 21.9. The number of nitrogens with zero attached hydrogens (tertiary/aromatic N) is 1. The van der Waals surface area contributed by atoms with Gasteiger partial charge in [0.05, 0.1) is 12.3 Å². The summed E-state index contributed by atoms with van der Waals surface area (Å²) in [5.74, 6) is 0.642. The zero-order valence-corrected chi connectivity index (χ0v) is 17.6. The van der Waals surface area contributed by atoms with E-state index in [2.05, 4.69) is 32.5 Å². The molecule has 0 aromatic heterocycles. The summed E-state index contributed by atoms with van der Waals surface area (Å²) in [5, 5.41) is 6.47. The number of guanidine groups is 1. The molecule has 0 fully saturated rings. The van der Waals surface area contributed by atoms with Crippen LogP contribution in [0.1, 0.15) is 25.3 Å². The summed E-state index contributed by atoms with van der Waals surface area (Å²) in [5.41, 5.74) is 0.938. The van der Waals surface area contributed by atoms with E-state index in [4.69, 9.17) is 0 Å². The van der Waals surface area contributed by atoms with Crippen molar-refractivity contribution in [1.29, 1.82) is 0 Å². The highest BCUT2D eigenvalue weighted by atomic mass is 127. The summed E-state index contributed by atoms with van der Waals surface area (Å²) < 4.78 is 26.7. The third kappa shape index (κ3) is 8.68. The fourth-order valence-corrected chi connectivity index (χ4v) is 3.25. The molecule has 0 saturated carbocycles. The molecule has 25 heavy (non-hydrogen) atoms. The van der Waals surface area contributed by atoms with Crippen LogP contribution in [0.4, 0.5) is 0 Å². The van der Waals surface area contributed by atoms with Crippen molar-refractivity contribution in [2.24, 2.45) is 4.99 Å². The summed E-state index contributed by atoms with van der Waals surface area (Å²) in [6.45, 7) is 3.26. The zero-order chi connectivity index (χ0) is 17.3. The van der Waals surface area contributed by atoms with Gasteiger partial charge in [-0.15, -0.1) is 24.0 Å². The van der Waals surface area contributed by atoms with Gasteiger partial charge >= 0.3 is 0 Å². The maximum atomic E-state index is 12.1. The number of aliphatic imine (C=N–C) groups is 1. The first-order valence-electron chi connectivity index (χ1n) is 8.30. The minimum Gasteiger partial charge on any atom is -0.357 e. The Morgan fingerprint density at radius 2 is 1.88 bits per heavy atom. The molecule has 0 atom stereocenters. The van der Waals surface area contributed by atoms with Gasteiger partial charge in [-0.1, -0.05) is 42.5 Å². The Hall–Kier alpha value is -1.13. The lowest BCUT2D eigenvalue weighted by Crippen LogP contribution is -2.42. The van der Waals surface area contributed by atoms with Gasteiger partial charge in [-0.3, -0.25) is 4.99 Å². The molecule has 1 aliphatic rings. The predicted octanol–water partition coefficient (Wildman–Crippen LogP) is 2.00. The monoisotopic (exact) mass is 478 g/mol. The van der Waals surface area contributed by atoms with E-state index in [1.165, 1.54) is 0 Å². The molecule has 0 amide bonds. The summed E-state index contributed by atoms with van der Waals surface area (Å²) in [6.07, 6.45) is 6.22. The van der Waals surface area contributed by atoms with Crippen LogP contribution in [-0.2, 0) is 16.6 Å². The molecule has 1 aliphatic carbocycles. The maximum Gasteiger partial charge on any atom is 0.213 e. The molecule has 0 unspecified atom stereocenters. The second-order valence-corrected chi connectivity index (χ2v) is 7.60. The minimum absolute atomic E-state index is 0. The van der Waals surface area contributed by atoms with Crippen molar-refractivity contribution < 1.29 is 8.42 Å². The summed E-state index contributed by atoms with van der Waals surface area (Å²) in [7, 11) is -3.34. The van der Waals surface area contributed by atoms with Crippen molar-refractivity contribution in [1.82, 2.24) is 15.4 Å². The topological polar surface area (TPSA) is 82.6 Å². The van der Waals surface area contributed by atoms with Crippen LogP contribution in [-0.4, -0.2) is 39.3 Å². The van der Waals surface area contributed by atoms with Crippen molar-refractivity contribution >= 4 is 40.0 Å². The average Bonchev–Trinajstić information content (AvgIpc) is 3.07. The number of nitrogens with one attached hydrogen (secondary N) is 3. The fraction of sp³-hybridized carbons (Fsp3) is 0.471. The highest BCUT2D eigenvalue weighted by Gasteiger charge is 2.13. The van der Waals surface area contributed by atoms with E-state index in [-0.39, 0.29) is 36.3 Å². The van der Waals surface area contributed by atoms with Gasteiger partial charge in [0, 0.05) is 19.1 Å². The van der Waals surface area contributed by atoms with Crippen LogP contribution < -0.4 is 15.4 Å². The van der Waals surface area contributed by atoms with Gasteiger partial charge in [0.2, 0.25) is 10.0 Å². The normalized spacial score (nSPS) is 15.0. The van der Waals surface area contributed by atoms with Gasteiger partial charge in [-0.05, 0) is 25.3 Å². The molecule has 3 N–H and O–H groups in total. The van der Waals surface area contributed by atoms with Crippen molar-refractivity contribution in [3.05, 3.63) is 48.0 Å². The molecule has 2 rings (SSSR count). The summed E-state index contributed by atoms with van der Waals surface area (Å²) in [4.78, 5) is 4.36. The van der Waals surface area contributed by atoms with Crippen LogP contribution in [0.5, 0.6) is 0 Å². The van der Waals surface area contributed by atoms with E-state index in [0.29, 0.717) is 18.5 Å². The third-order valence-corrected chi connectivity index (χ3v) is 4.97. The Morgan fingerprint density at radius 1 is 1.20 bits per heavy atom. The number of hydrogen-bond acceptors (Lipinski definition) is 3. The van der Waals surface area contributed by atoms with Crippen LogP contribution in [0.3, 0.4) is 0 Å². The summed E-state index contributed by atoms with van der Waals surface area (Å²) in [6, 6.07) is 9.81. The highest BCUT2D eigenvalue weighted by molar-refractivity contribution is 14.0. The Labute approximate surface area is 167 Å². The zero-order valence-electron chi connectivity index (χ0n) is 14.4. The fourth-order valence-electron chi connectivity index (χ4n) is 2.39. The van der Waals surface area contributed by atoms with Gasteiger partial charge in [0.25, 0.3) is 0 Å². The second-order valence-electron chi connectivity index (χ2n) is 5.67. The van der Waals surface area contributed by atoms with Gasteiger partial charge in [-0.2, -0.15) is 0 Å². The minimum atomic E-state index is -3.34. The molecule has 0 spiro atoms. The molecule has 8 heteroatoms. The first-order chi connectivity index (χ1) is 11.6. The van der Waals surface area contributed by atoms with Crippen LogP contribution in [0.25, 0.3) is 0 Å². The largest absolute Gasteiger partial charge is 0.357 e. The quantitative estimate of drug-likeness (QED) is 0.231. The Morgan fingerprint density at radius 3 is 2.52 bits per heavy atom. The molecule has 0 bridgehead atoms. The smallest absolute Gasteiger partial charge is 0.213 e. The Balaban J connectivity index is 0.00000312. The lowest BCUT2D eigenvalue weighted by atomic mass is 10.2. The molecule has 0 saturated heterocycles. The first-order valence-corrected chi connectivity index (χ1v) is 9.95. The summed E-state index contributed by atoms with van der Waals surface area (Å²) >= 11 is 0. The van der Waals surface area contributed by atoms with E-state index in [0.717, 1.165) is 24.9 Å². The molecular weight excluding hydrogens is 451 g/mol. The van der Waals surface area contributed by atoms with E-state index in [1.54, 1.807) is 0 Å². The highest BCUT2D eigenvalue weighted by Crippen LogP contribution is 2.08. The maximum absolute atomic E-state index is 12.1. The van der Waals surface area contributed by atoms with Gasteiger partial charge in [0.15, 0.2) is 5.96 Å². The number of benzene rings is 1. The molecule has 6 nitrogen and oxygen atoms in total. The number of sulfonamides is 1. The lowest BCUT2D eigenvalue weighted by Gasteiger charge is -2.16. The van der Waals surface area contributed by atoms with E-state index in [1.807, 2.05) is 37.3 Å². The molecule has 0 radical (unpaired) electrons. The SMILES string of the molecule is CCNC(=NCCS(=O)(=O)NCc1ccccc1)NC1CC=CC1.I. The van der Waals surface area contributed by atoms with Crippen LogP contribution in [0.15, 0.2) is 47.5 Å². The second kappa shape index (κ2) is 11.5. The molecule has 140 valence electrons. The van der Waals surface area contributed by atoms with Crippen molar-refractivity contribution in [3.63, 3.8) is 0 Å². The van der Waals surface area contributed by atoms with Crippen molar-refractivity contribution in [3.8, 4) is 0 Å². The number of rotatable bonds is 8. The molecule has 0 heterocycles. The van der Waals surface area contributed by atoms with Gasteiger partial charge < -0.3 is 10.6 Å². The Kier molecular flexibility index (Phi) is 10.1. The van der Waals surface area contributed by atoms with Crippen molar-refractivity contribution in [2.45, 2.75) is 32.4 Å². The number of halogens is 1. The average molecular weight is 478 g/mol. The number of hydrogen-bond donors (Lipinski definition) is 3. The third-order valence-electron chi connectivity index (χ3n) is 3.66. The standard InChI is InChI=1S/C17H26N4O2S.HI/c1-2-18-17(21-16-10-6-7-11-16)19-12-13-24(22,23)20-14-15-8-4-3-5-9-15;/h3-9,16,20H,2,10-14H2,1H3,(H2,18,19,21);1H. The molecule has 1 aromatic carbocycles. The Bertz CT molecular complexity index is 654. The molecule has 0 aliphatic heterocycles. The van der Waals surface area contributed by atoms with Crippen LogP contribution in [0.2, 0.25) is 0 Å². The molecule has 1 aromatic rings. The van der Waals surface area contributed by atoms with E-state index in [9.17, 15) is 8.42 Å². The van der Waals surface area contributed by atoms with E-state index < -0.39 is 10.0 Å². The van der Waals surface area contributed by atoms with E-state index >= 15 is 0 Å². The van der Waals surface area contributed by atoms with Gasteiger partial charge in [-0.25, -0.2) is 13.1 Å². The van der Waals surface area contributed by atoms with Crippen LogP contribution in [0, 0.1) is 0 Å². The van der Waals surface area contributed by atoms with Crippen LogP contribution >= 0.6 is 24.0 Å². The lowest BCUT2D eigenvalue weighted by molar-refractivity contribution is 0.581. The molecular formula is C17H27IN4O2S. The van der Waals surface area contributed by atoms with Crippen molar-refractivity contribution in [2.75, 3.05) is 18.8 Å². The predicted molar refractivity (Wildman–Crippen MR) is 114 cm³/mol.